The van der Waals surface area contributed by atoms with Crippen LogP contribution >= 0.6 is 0 Å². The highest BCUT2D eigenvalue weighted by atomic mass is 32.2. The number of amides is 1. The molecule has 1 amide bonds. The molecule has 0 heterocycles. The van der Waals surface area contributed by atoms with Crippen LogP contribution in [0.25, 0.3) is 0 Å². The number of ether oxygens (including phenoxy) is 1. The first-order valence-corrected chi connectivity index (χ1v) is 9.19. The van der Waals surface area contributed by atoms with Crippen molar-refractivity contribution in [1.29, 1.82) is 0 Å². The van der Waals surface area contributed by atoms with E-state index in [2.05, 4.69) is 10.0 Å². The Hall–Kier alpha value is -2.59. The highest BCUT2D eigenvalue weighted by molar-refractivity contribution is 7.92. The number of anilines is 1. The van der Waals surface area contributed by atoms with Crippen molar-refractivity contribution in [1.82, 2.24) is 5.32 Å². The third-order valence-corrected chi connectivity index (χ3v) is 4.86. The highest BCUT2D eigenvalue weighted by Gasteiger charge is 2.30. The van der Waals surface area contributed by atoms with Gasteiger partial charge in [0, 0.05) is 24.9 Å². The van der Waals surface area contributed by atoms with E-state index >= 15 is 0 Å². The summed E-state index contributed by atoms with van der Waals surface area (Å²) in [5.41, 5.74) is -0.943. The summed E-state index contributed by atoms with van der Waals surface area (Å²) < 4.78 is 69.8. The van der Waals surface area contributed by atoms with Crippen LogP contribution < -0.4 is 10.0 Å². The Morgan fingerprint density at radius 1 is 1.11 bits per heavy atom. The Labute approximate surface area is 154 Å². The van der Waals surface area contributed by atoms with Crippen molar-refractivity contribution >= 4 is 21.6 Å². The van der Waals surface area contributed by atoms with Gasteiger partial charge in [-0.3, -0.25) is 9.52 Å². The van der Waals surface area contributed by atoms with Gasteiger partial charge in [-0.15, -0.1) is 0 Å². The third kappa shape index (κ3) is 5.69. The Balaban J connectivity index is 2.14. The van der Waals surface area contributed by atoms with Gasteiger partial charge in [0.2, 0.25) is 0 Å². The molecule has 0 radical (unpaired) electrons. The van der Waals surface area contributed by atoms with Crippen molar-refractivity contribution in [3.63, 3.8) is 0 Å². The van der Waals surface area contributed by atoms with Crippen LogP contribution in [0.3, 0.4) is 0 Å². The number of nitrogens with one attached hydrogen (secondary N) is 2. The number of alkyl halides is 3. The van der Waals surface area contributed by atoms with Crippen LogP contribution in [0, 0.1) is 0 Å². The molecule has 0 aliphatic carbocycles. The second kappa shape index (κ2) is 8.40. The molecule has 2 aromatic rings. The largest absolute Gasteiger partial charge is 0.416 e. The maximum Gasteiger partial charge on any atom is 0.416 e. The van der Waals surface area contributed by atoms with Crippen molar-refractivity contribution in [2.45, 2.75) is 11.1 Å². The standard InChI is InChI=1S/C17H17F3N2O4S/c1-26-10-9-21-16(23)12-5-7-15(8-6-12)27(24,25)22-14-4-2-3-13(11-14)17(18,19)20/h2-8,11,22H,9-10H2,1H3,(H,21,23). The van der Waals surface area contributed by atoms with Crippen molar-refractivity contribution in [2.75, 3.05) is 25.0 Å². The molecule has 2 N–H and O–H groups in total. The summed E-state index contributed by atoms with van der Waals surface area (Å²) in [4.78, 5) is 11.7. The Morgan fingerprint density at radius 2 is 1.78 bits per heavy atom. The molecule has 10 heteroatoms. The zero-order chi connectivity index (χ0) is 20.1. The van der Waals surface area contributed by atoms with Gasteiger partial charge in [-0.05, 0) is 42.5 Å². The van der Waals surface area contributed by atoms with E-state index in [1.54, 1.807) is 0 Å². The Morgan fingerprint density at radius 3 is 2.37 bits per heavy atom. The smallest absolute Gasteiger partial charge is 0.383 e. The van der Waals surface area contributed by atoms with Crippen LogP contribution in [-0.4, -0.2) is 34.6 Å². The number of hydrogen-bond acceptors (Lipinski definition) is 4. The molecule has 0 aliphatic rings. The van der Waals surface area contributed by atoms with Crippen LogP contribution in [0.1, 0.15) is 15.9 Å². The lowest BCUT2D eigenvalue weighted by Crippen LogP contribution is -2.26. The van der Waals surface area contributed by atoms with Gasteiger partial charge in [-0.2, -0.15) is 13.2 Å². The summed E-state index contributed by atoms with van der Waals surface area (Å²) in [6, 6.07) is 8.87. The minimum absolute atomic E-state index is 0.187. The summed E-state index contributed by atoms with van der Waals surface area (Å²) in [6.07, 6.45) is -4.58. The number of sulfonamides is 1. The lowest BCUT2D eigenvalue weighted by Gasteiger charge is -2.11. The molecule has 0 aliphatic heterocycles. The maximum absolute atomic E-state index is 12.7. The van der Waals surface area contributed by atoms with E-state index in [0.29, 0.717) is 19.2 Å². The first kappa shape index (κ1) is 20.7. The van der Waals surface area contributed by atoms with Crippen LogP contribution in [0.2, 0.25) is 0 Å². The average Bonchev–Trinajstić information content (AvgIpc) is 2.61. The molecule has 146 valence electrons. The SMILES string of the molecule is COCCNC(=O)c1ccc(S(=O)(=O)Nc2cccc(C(F)(F)F)c2)cc1. The van der Waals surface area contributed by atoms with Gasteiger partial charge in [-0.25, -0.2) is 8.42 Å². The number of benzene rings is 2. The van der Waals surface area contributed by atoms with E-state index in [4.69, 9.17) is 4.74 Å². The molecule has 2 aromatic carbocycles. The second-order valence-corrected chi connectivity index (χ2v) is 7.14. The van der Waals surface area contributed by atoms with E-state index in [9.17, 15) is 26.4 Å². The molecule has 0 bridgehead atoms. The van der Waals surface area contributed by atoms with Gasteiger partial charge in [0.15, 0.2) is 0 Å². The number of carbonyl (C=O) groups excluding carboxylic acids is 1. The summed E-state index contributed by atoms with van der Waals surface area (Å²) in [6.45, 7) is 0.631. The normalized spacial score (nSPS) is 11.9. The Bertz CT molecular complexity index is 897. The fourth-order valence-electron chi connectivity index (χ4n) is 2.13. The fraction of sp³-hybridized carbons (Fsp3) is 0.235. The maximum atomic E-state index is 12.7. The lowest BCUT2D eigenvalue weighted by atomic mass is 10.2. The minimum Gasteiger partial charge on any atom is -0.383 e. The van der Waals surface area contributed by atoms with E-state index in [1.807, 2.05) is 0 Å². The Kier molecular flexibility index (Phi) is 6.45. The number of carbonyl (C=O) groups is 1. The molecule has 2 rings (SSSR count). The predicted molar refractivity (Wildman–Crippen MR) is 92.9 cm³/mol. The van der Waals surface area contributed by atoms with Crippen molar-refractivity contribution in [3.05, 3.63) is 59.7 Å². The third-order valence-electron chi connectivity index (χ3n) is 3.46. The molecular formula is C17H17F3N2O4S. The first-order chi connectivity index (χ1) is 12.6. The highest BCUT2D eigenvalue weighted by Crippen LogP contribution is 2.31. The molecule has 0 aromatic heterocycles. The van der Waals surface area contributed by atoms with E-state index in [1.165, 1.54) is 37.4 Å². The van der Waals surface area contributed by atoms with Crippen LogP contribution in [0.4, 0.5) is 18.9 Å². The molecular weight excluding hydrogens is 385 g/mol. The van der Waals surface area contributed by atoms with Gasteiger partial charge >= 0.3 is 6.18 Å². The summed E-state index contributed by atoms with van der Waals surface area (Å²) >= 11 is 0. The number of rotatable bonds is 7. The summed E-state index contributed by atoms with van der Waals surface area (Å²) in [5, 5.41) is 2.58. The van der Waals surface area contributed by atoms with Gasteiger partial charge in [-0.1, -0.05) is 6.07 Å². The van der Waals surface area contributed by atoms with E-state index < -0.39 is 27.7 Å². The van der Waals surface area contributed by atoms with E-state index in [-0.39, 0.29) is 16.1 Å². The molecule has 0 unspecified atom stereocenters. The summed E-state index contributed by atoms with van der Waals surface area (Å²) in [7, 11) is -2.62. The van der Waals surface area contributed by atoms with Gasteiger partial charge in [0.05, 0.1) is 17.1 Å². The fourth-order valence-corrected chi connectivity index (χ4v) is 3.18. The topological polar surface area (TPSA) is 84.5 Å². The quantitative estimate of drug-likeness (QED) is 0.698. The predicted octanol–water partition coefficient (Wildman–Crippen LogP) is 2.88. The monoisotopic (exact) mass is 402 g/mol. The second-order valence-electron chi connectivity index (χ2n) is 5.46. The molecule has 0 atom stereocenters. The average molecular weight is 402 g/mol. The number of methoxy groups -OCH3 is 1. The molecule has 0 spiro atoms. The number of hydrogen-bond donors (Lipinski definition) is 2. The van der Waals surface area contributed by atoms with Crippen LogP contribution in [-0.2, 0) is 20.9 Å². The van der Waals surface area contributed by atoms with Crippen LogP contribution in [0.15, 0.2) is 53.4 Å². The van der Waals surface area contributed by atoms with Crippen molar-refractivity contribution < 1.29 is 31.1 Å². The number of halogens is 3. The molecule has 0 fully saturated rings. The van der Waals surface area contributed by atoms with Gasteiger partial charge in [0.1, 0.15) is 0 Å². The summed E-state index contributed by atoms with van der Waals surface area (Å²) in [5.74, 6) is -0.401. The van der Waals surface area contributed by atoms with Crippen molar-refractivity contribution in [3.8, 4) is 0 Å². The molecule has 6 nitrogen and oxygen atoms in total. The zero-order valence-electron chi connectivity index (χ0n) is 14.2. The first-order valence-electron chi connectivity index (χ1n) is 7.71. The van der Waals surface area contributed by atoms with E-state index in [0.717, 1.165) is 12.1 Å². The van der Waals surface area contributed by atoms with Gasteiger partial charge < -0.3 is 10.1 Å². The molecule has 0 saturated carbocycles. The van der Waals surface area contributed by atoms with Gasteiger partial charge in [0.25, 0.3) is 15.9 Å². The van der Waals surface area contributed by atoms with Crippen LogP contribution in [0.5, 0.6) is 0 Å². The molecule has 27 heavy (non-hydrogen) atoms. The lowest BCUT2D eigenvalue weighted by molar-refractivity contribution is -0.137. The molecule has 0 saturated heterocycles. The minimum atomic E-state index is -4.58. The van der Waals surface area contributed by atoms with Crippen molar-refractivity contribution in [2.24, 2.45) is 0 Å². The zero-order valence-corrected chi connectivity index (χ0v) is 15.0.